The molecule has 4 bridgehead atoms. The molecule has 1 spiro atoms. The molecule has 68 heavy (non-hydrogen) atoms. The van der Waals surface area contributed by atoms with Crippen LogP contribution in [0.4, 0.5) is 10.5 Å². The average molecular weight is 1010 g/mol. The lowest BCUT2D eigenvalue weighted by Gasteiger charge is -2.44. The van der Waals surface area contributed by atoms with Gasteiger partial charge in [0.15, 0.2) is 11.4 Å². The number of hydrogen-bond donors (Lipinski definition) is 5. The van der Waals surface area contributed by atoms with Crippen LogP contribution in [0.5, 0.6) is 17.2 Å². The summed E-state index contributed by atoms with van der Waals surface area (Å²) in [5.41, 5.74) is -1.99. The summed E-state index contributed by atoms with van der Waals surface area (Å²) >= 11 is 18.3. The van der Waals surface area contributed by atoms with E-state index in [0.29, 0.717) is 12.8 Å². The van der Waals surface area contributed by atoms with E-state index in [1.54, 1.807) is 39.8 Å². The molecule has 4 aliphatic rings. The van der Waals surface area contributed by atoms with E-state index in [-0.39, 0.29) is 69.3 Å². The highest BCUT2D eigenvalue weighted by Crippen LogP contribution is 2.51. The van der Waals surface area contributed by atoms with Gasteiger partial charge in [-0.1, -0.05) is 80.7 Å². The third-order valence-corrected chi connectivity index (χ3v) is 15.2. The number of aliphatic hydroxyl groups excluding tert-OH is 2. The van der Waals surface area contributed by atoms with Crippen molar-refractivity contribution >= 4 is 75.0 Å². The SMILES string of the molecule is CO[C@H]1/C=C/O[C@@]2(C)Oc3c(C)c(O)c4c(O)c(c5c(c4c3C2=O)NC2(CCN(C(=O)OC(C)(C)C(Cl)(Cl)Cl)CC2)CN=5)=NC(=O)/C(C)=C\C=C\[C@H](C)[C@H](O)[C@@H](C)[C@@H](O)[C@@H](C)[C@H](OC(C)=O)[C@@H]1C. The molecule has 2 aromatic rings. The Hall–Kier alpha value is -4.65. The van der Waals surface area contributed by atoms with Crippen LogP contribution >= 0.6 is 34.8 Å². The third-order valence-electron chi connectivity index (χ3n) is 13.9. The summed E-state index contributed by atoms with van der Waals surface area (Å²) < 4.78 is 27.7. The van der Waals surface area contributed by atoms with Crippen molar-refractivity contribution in [3.63, 3.8) is 0 Å². The summed E-state index contributed by atoms with van der Waals surface area (Å²) in [6.07, 6.45) is 3.41. The van der Waals surface area contributed by atoms with Crippen LogP contribution in [-0.2, 0) is 28.5 Å². The highest BCUT2D eigenvalue weighted by atomic mass is 35.6. The maximum absolute atomic E-state index is 14.9. The number of carbonyl (C=O) groups excluding carboxylic acids is 4. The number of nitrogens with zero attached hydrogens (tertiary/aromatic N) is 3. The number of piperidine rings is 1. The number of alkyl halides is 3. The number of carbonyl (C=O) groups is 4. The first kappa shape index (κ1) is 52.7. The van der Waals surface area contributed by atoms with Crippen LogP contribution in [0.3, 0.4) is 0 Å². The van der Waals surface area contributed by atoms with Gasteiger partial charge in [-0.25, -0.2) is 9.79 Å². The normalized spacial score (nSPS) is 30.8. The van der Waals surface area contributed by atoms with Crippen molar-refractivity contribution in [2.24, 2.45) is 33.7 Å². The molecule has 2 aromatic carbocycles. The summed E-state index contributed by atoms with van der Waals surface area (Å²) in [7, 11) is 1.44. The van der Waals surface area contributed by atoms with E-state index in [2.05, 4.69) is 10.3 Å². The van der Waals surface area contributed by atoms with Gasteiger partial charge in [-0.05, 0) is 46.6 Å². The number of anilines is 1. The Morgan fingerprint density at radius 3 is 2.19 bits per heavy atom. The zero-order valence-electron chi connectivity index (χ0n) is 40.0. The van der Waals surface area contributed by atoms with Gasteiger partial charge in [0.25, 0.3) is 11.7 Å². The van der Waals surface area contributed by atoms with Gasteiger partial charge in [0.05, 0.1) is 53.3 Å². The quantitative estimate of drug-likeness (QED) is 0.127. The zero-order chi connectivity index (χ0) is 50.6. The van der Waals surface area contributed by atoms with Crippen molar-refractivity contribution in [3.8, 4) is 17.2 Å². The lowest BCUT2D eigenvalue weighted by molar-refractivity contribution is -0.160. The molecule has 372 valence electrons. The number of likely N-dealkylation sites (tertiary alicyclic amines) is 1. The topological polar surface area (TPSA) is 235 Å². The van der Waals surface area contributed by atoms with Crippen LogP contribution in [0.25, 0.3) is 10.8 Å². The summed E-state index contributed by atoms with van der Waals surface area (Å²) in [6.45, 7) is 16.0. The molecule has 17 nitrogen and oxygen atoms in total. The number of esters is 1. The van der Waals surface area contributed by atoms with Crippen molar-refractivity contribution in [1.29, 1.82) is 0 Å². The predicted octanol–water partition coefficient (Wildman–Crippen LogP) is 6.42. The Labute approximate surface area is 409 Å². The summed E-state index contributed by atoms with van der Waals surface area (Å²) in [5.74, 6) is -7.79. The lowest BCUT2D eigenvalue weighted by Crippen LogP contribution is -2.57. The number of ketones is 1. The number of aliphatic hydroxyl groups is 2. The molecular weight excluding hydrogens is 947 g/mol. The van der Waals surface area contributed by atoms with Crippen molar-refractivity contribution in [3.05, 3.63) is 58.0 Å². The number of rotatable bonds is 3. The molecule has 20 heteroatoms. The zero-order valence-corrected chi connectivity index (χ0v) is 42.2. The number of nitrogens with one attached hydrogen (secondary N) is 1. The number of allylic oxidation sites excluding steroid dienone is 2. The molecule has 5 N–H and O–H groups in total. The second-order valence-corrected chi connectivity index (χ2v) is 21.4. The van der Waals surface area contributed by atoms with Gasteiger partial charge >= 0.3 is 17.8 Å². The van der Waals surface area contributed by atoms with E-state index in [0.717, 1.165) is 0 Å². The van der Waals surface area contributed by atoms with E-state index in [1.807, 2.05) is 0 Å². The Kier molecular flexibility index (Phi) is 15.2. The molecule has 6 rings (SSSR count). The van der Waals surface area contributed by atoms with Crippen LogP contribution < -0.4 is 20.8 Å². The Morgan fingerprint density at radius 1 is 0.941 bits per heavy atom. The molecule has 0 radical (unpaired) electrons. The van der Waals surface area contributed by atoms with Gasteiger partial charge in [0.2, 0.25) is 3.79 Å². The van der Waals surface area contributed by atoms with Gasteiger partial charge in [-0.2, -0.15) is 0 Å². The first-order valence-corrected chi connectivity index (χ1v) is 23.6. The monoisotopic (exact) mass is 1010 g/mol. The van der Waals surface area contributed by atoms with E-state index >= 15 is 0 Å². The summed E-state index contributed by atoms with van der Waals surface area (Å²) in [4.78, 5) is 65.3. The molecule has 0 aromatic heterocycles. The van der Waals surface area contributed by atoms with Crippen LogP contribution in [0.15, 0.2) is 46.1 Å². The maximum atomic E-state index is 14.9. The molecule has 2 amide bonds. The number of aromatic hydroxyl groups is 2. The van der Waals surface area contributed by atoms with Crippen molar-refractivity contribution in [2.75, 3.05) is 32.1 Å². The van der Waals surface area contributed by atoms with Gasteiger partial charge in [-0.3, -0.25) is 19.4 Å². The number of ether oxygens (including phenoxy) is 5. The first-order valence-electron chi connectivity index (χ1n) is 22.4. The molecule has 0 saturated carbocycles. The number of amides is 2. The number of phenolic OH excluding ortho intramolecular Hbond substituents is 2. The minimum Gasteiger partial charge on any atom is -0.507 e. The molecule has 1 saturated heterocycles. The van der Waals surface area contributed by atoms with Crippen LogP contribution in [-0.4, -0.2) is 121 Å². The summed E-state index contributed by atoms with van der Waals surface area (Å²) in [5, 5.41) is 50.2. The molecule has 1 fully saturated rings. The average Bonchev–Trinajstić information content (AvgIpc) is 3.54. The van der Waals surface area contributed by atoms with Gasteiger partial charge in [0, 0.05) is 74.2 Å². The smallest absolute Gasteiger partial charge is 0.410 e. The first-order chi connectivity index (χ1) is 31.6. The number of benzene rings is 2. The lowest BCUT2D eigenvalue weighted by atomic mass is 9.78. The molecule has 0 unspecified atom stereocenters. The minimum absolute atomic E-state index is 0.0310. The minimum atomic E-state index is -2.05. The molecule has 4 aliphatic heterocycles. The van der Waals surface area contributed by atoms with Crippen molar-refractivity contribution in [1.82, 2.24) is 4.90 Å². The number of hydrogen-bond acceptors (Lipinski definition) is 15. The number of methoxy groups -OCH3 is 1. The Balaban J connectivity index is 1.52. The van der Waals surface area contributed by atoms with Crippen LogP contribution in [0.1, 0.15) is 91.1 Å². The standard InChI is InChI=1S/C48H61Cl3N4O13/c1-22-13-12-14-23(2)43(62)53-35-34-33(54-47(21-52-34)16-18-55(19-17-47)44(63)68-45(8,9)48(49,50)51)30-31(39(35)60)38(59)27(6)41-32(30)42(61)46(10,67-41)65-20-15-29(64-11)24(3)40(66-28(7)56)26(5)37(58)25(4)36(22)57/h12-15,20,22,24-26,29,36-37,40,54,57-60H,16-19,21H2,1-11H3/b13-12+,20-15+,23-14-,53-35?/t22-,24+,25+,26+,29-,36-,37+,40+,46-/m0/s1. The number of fused-ring (bicyclic) bond motifs is 1. The fraction of sp³-hybridized carbons (Fsp3) is 0.583. The number of phenols is 2. The van der Waals surface area contributed by atoms with Crippen molar-refractivity contribution < 1.29 is 63.3 Å². The second-order valence-electron chi connectivity index (χ2n) is 19.1. The largest absolute Gasteiger partial charge is 0.507 e. The fourth-order valence-electron chi connectivity index (χ4n) is 9.23. The molecule has 9 atom stereocenters. The Bertz CT molecular complexity index is 2590. The van der Waals surface area contributed by atoms with E-state index in [9.17, 15) is 39.6 Å². The highest BCUT2D eigenvalue weighted by Gasteiger charge is 2.51. The van der Waals surface area contributed by atoms with Crippen LogP contribution in [0.2, 0.25) is 0 Å². The molecule has 4 heterocycles. The Morgan fingerprint density at radius 2 is 1.59 bits per heavy atom. The molecular formula is C48H61Cl3N4O13. The highest BCUT2D eigenvalue weighted by molar-refractivity contribution is 6.68. The third kappa shape index (κ3) is 9.88. The fourth-order valence-corrected chi connectivity index (χ4v) is 9.34. The van der Waals surface area contributed by atoms with E-state index in [1.165, 1.54) is 72.0 Å². The number of Topliss-reactive ketones (excluding diaryl/α,β-unsaturated/α-hetero) is 1. The van der Waals surface area contributed by atoms with Gasteiger partial charge < -0.3 is 54.3 Å². The van der Waals surface area contributed by atoms with Gasteiger partial charge in [-0.15, -0.1) is 0 Å². The predicted molar refractivity (Wildman–Crippen MR) is 254 cm³/mol. The van der Waals surface area contributed by atoms with E-state index < -0.39 is 104 Å². The summed E-state index contributed by atoms with van der Waals surface area (Å²) in [6, 6.07) is 0. The molecule has 0 aliphatic carbocycles. The second kappa shape index (κ2) is 19.6. The van der Waals surface area contributed by atoms with Crippen LogP contribution in [0, 0.1) is 30.6 Å². The van der Waals surface area contributed by atoms with Gasteiger partial charge in [0.1, 0.15) is 28.3 Å². The van der Waals surface area contributed by atoms with E-state index in [4.69, 9.17) is 63.5 Å². The number of halogens is 3. The van der Waals surface area contributed by atoms with Crippen molar-refractivity contribution in [2.45, 2.75) is 127 Å². The maximum Gasteiger partial charge on any atom is 0.410 e.